The van der Waals surface area contributed by atoms with Gasteiger partial charge in [-0.15, -0.1) is 0 Å². The molecule has 1 saturated heterocycles. The van der Waals surface area contributed by atoms with E-state index < -0.39 is 11.1 Å². The average molecular weight is 254 g/mol. The molecule has 7 heteroatoms. The van der Waals surface area contributed by atoms with Gasteiger partial charge in [0.25, 0.3) is 0 Å². The summed E-state index contributed by atoms with van der Waals surface area (Å²) in [6.07, 6.45) is 2.03. The first-order chi connectivity index (χ1) is 8.16. The van der Waals surface area contributed by atoms with Gasteiger partial charge in [0.2, 0.25) is 5.91 Å². The predicted octanol–water partition coefficient (Wildman–Crippen LogP) is -0.132. The van der Waals surface area contributed by atoms with Gasteiger partial charge in [0.05, 0.1) is 5.92 Å². The zero-order valence-corrected chi connectivity index (χ0v) is 9.83. The predicted molar refractivity (Wildman–Crippen MR) is 61.0 cm³/mol. The number of nitrogens with zero attached hydrogens (tertiary/aromatic N) is 1. The lowest BCUT2D eigenvalue weighted by atomic mass is 10.1. The van der Waals surface area contributed by atoms with Gasteiger partial charge in [-0.2, -0.15) is 0 Å². The van der Waals surface area contributed by atoms with Crippen molar-refractivity contribution < 1.29 is 13.6 Å². The van der Waals surface area contributed by atoms with Crippen molar-refractivity contribution in [3.8, 4) is 0 Å². The van der Waals surface area contributed by atoms with Crippen LogP contribution < -0.4 is 10.6 Å². The molecule has 0 aromatic carbocycles. The van der Waals surface area contributed by atoms with Crippen LogP contribution in [0.1, 0.15) is 6.42 Å². The highest BCUT2D eigenvalue weighted by molar-refractivity contribution is 7.79. The summed E-state index contributed by atoms with van der Waals surface area (Å²) in [6, 6.07) is 2.88. The molecular weight excluding hydrogens is 242 g/mol. The number of hydrogen-bond donors (Lipinski definition) is 2. The maximum atomic E-state index is 11.7. The second kappa shape index (κ2) is 5.35. The third kappa shape index (κ3) is 3.09. The fraction of sp³-hybridized carbons (Fsp3) is 0.400. The first kappa shape index (κ1) is 12.2. The Kier molecular flexibility index (Phi) is 3.82. The fourth-order valence-electron chi connectivity index (χ4n) is 1.66. The Bertz CT molecular complexity index is 429. The number of aromatic nitrogens is 1. The van der Waals surface area contributed by atoms with Crippen LogP contribution in [0.5, 0.6) is 0 Å². The lowest BCUT2D eigenvalue weighted by Crippen LogP contribution is -2.25. The molecule has 1 aromatic heterocycles. The zero-order chi connectivity index (χ0) is 12.3. The zero-order valence-electron chi connectivity index (χ0n) is 9.01. The van der Waals surface area contributed by atoms with Crippen LogP contribution in [0.2, 0.25) is 0 Å². The van der Waals surface area contributed by atoms with Crippen molar-refractivity contribution in [3.63, 3.8) is 0 Å². The van der Waals surface area contributed by atoms with Gasteiger partial charge in [-0.1, -0.05) is 0 Å². The van der Waals surface area contributed by atoms with Gasteiger partial charge in [-0.05, 0) is 36.2 Å². The summed E-state index contributed by atoms with van der Waals surface area (Å²) in [7, 11) is 0. The monoisotopic (exact) mass is 254 g/mol. The molecule has 17 heavy (non-hydrogen) atoms. The van der Waals surface area contributed by atoms with Crippen molar-refractivity contribution in [3.05, 3.63) is 18.3 Å². The van der Waals surface area contributed by atoms with Crippen molar-refractivity contribution in [1.82, 2.24) is 10.3 Å². The molecule has 0 aliphatic carbocycles. The molecule has 0 radical (unpaired) electrons. The number of hydrogen-bond acceptors (Lipinski definition) is 5. The van der Waals surface area contributed by atoms with E-state index in [0.29, 0.717) is 12.4 Å². The molecule has 1 fully saturated rings. The van der Waals surface area contributed by atoms with Crippen LogP contribution in [0, 0.1) is 5.92 Å². The molecule has 92 valence electrons. The molecule has 2 heterocycles. The van der Waals surface area contributed by atoms with Gasteiger partial charge in [-0.25, -0.2) is 4.98 Å². The summed E-state index contributed by atoms with van der Waals surface area (Å²) in [6.45, 7) is 1.52. The van der Waals surface area contributed by atoms with Gasteiger partial charge in [0, 0.05) is 17.6 Å². The van der Waals surface area contributed by atoms with Crippen LogP contribution in [0.25, 0.3) is 0 Å². The van der Waals surface area contributed by atoms with E-state index in [-0.39, 0.29) is 16.7 Å². The Hall–Kier alpha value is -1.31. The Labute approximate surface area is 101 Å². The summed E-state index contributed by atoms with van der Waals surface area (Å²) in [4.78, 5) is 15.7. The minimum atomic E-state index is -2.29. The summed E-state index contributed by atoms with van der Waals surface area (Å²) >= 11 is -2.29. The van der Waals surface area contributed by atoms with Gasteiger partial charge in [0.15, 0.2) is 0 Å². The molecule has 1 aliphatic rings. The molecule has 0 spiro atoms. The Balaban J connectivity index is 1.98. The smallest absolute Gasteiger partial charge is 0.229 e. The quantitative estimate of drug-likeness (QED) is 0.733. The van der Waals surface area contributed by atoms with Crippen LogP contribution in [0.3, 0.4) is 0 Å². The number of amides is 1. The number of anilines is 1. The standard InChI is InChI=1S/C10H13N3O3S/c14-10(7-3-4-11-5-7)13-9-2-1-8(6-12-9)17(15)16/h1-2,6-7,11H,3-5H2,(H,15,16)(H,12,13,14)/p-1/t7-/m0/s1. The van der Waals surface area contributed by atoms with Crippen molar-refractivity contribution in [2.75, 3.05) is 18.4 Å². The van der Waals surface area contributed by atoms with E-state index in [9.17, 15) is 13.6 Å². The number of nitrogens with one attached hydrogen (secondary N) is 2. The third-order valence-corrected chi connectivity index (χ3v) is 3.24. The van der Waals surface area contributed by atoms with Crippen LogP contribution in [0.4, 0.5) is 5.82 Å². The molecular formula is C10H12N3O3S-. The van der Waals surface area contributed by atoms with Crippen molar-refractivity contribution in [2.24, 2.45) is 5.92 Å². The largest absolute Gasteiger partial charge is 0.768 e. The van der Waals surface area contributed by atoms with E-state index in [2.05, 4.69) is 15.6 Å². The van der Waals surface area contributed by atoms with Crippen LogP contribution in [-0.4, -0.2) is 32.7 Å². The van der Waals surface area contributed by atoms with Gasteiger partial charge in [0.1, 0.15) is 5.82 Å². The molecule has 2 rings (SSSR count). The maximum Gasteiger partial charge on any atom is 0.229 e. The topological polar surface area (TPSA) is 94.2 Å². The minimum absolute atomic E-state index is 0.0369. The van der Waals surface area contributed by atoms with Crippen molar-refractivity contribution >= 4 is 22.8 Å². The summed E-state index contributed by atoms with van der Waals surface area (Å²) in [5, 5.41) is 5.76. The lowest BCUT2D eigenvalue weighted by molar-refractivity contribution is -0.119. The molecule has 0 bridgehead atoms. The highest BCUT2D eigenvalue weighted by Crippen LogP contribution is 2.12. The first-order valence-electron chi connectivity index (χ1n) is 5.24. The van der Waals surface area contributed by atoms with E-state index in [1.54, 1.807) is 0 Å². The number of rotatable bonds is 3. The summed E-state index contributed by atoms with van der Waals surface area (Å²) in [5.41, 5.74) is 0. The lowest BCUT2D eigenvalue weighted by Gasteiger charge is -2.10. The second-order valence-electron chi connectivity index (χ2n) is 3.79. The first-order valence-corrected chi connectivity index (χ1v) is 6.31. The minimum Gasteiger partial charge on any atom is -0.768 e. The molecule has 2 atom stereocenters. The Morgan fingerprint density at radius 2 is 2.41 bits per heavy atom. The van der Waals surface area contributed by atoms with Crippen LogP contribution in [0.15, 0.2) is 23.2 Å². The maximum absolute atomic E-state index is 11.7. The molecule has 1 amide bonds. The van der Waals surface area contributed by atoms with Crippen LogP contribution >= 0.6 is 0 Å². The molecule has 1 aliphatic heterocycles. The third-order valence-electron chi connectivity index (χ3n) is 2.61. The summed E-state index contributed by atoms with van der Waals surface area (Å²) in [5.74, 6) is 0.250. The average Bonchev–Trinajstić information content (AvgIpc) is 2.83. The Morgan fingerprint density at radius 3 is 2.94 bits per heavy atom. The van der Waals surface area contributed by atoms with Gasteiger partial charge < -0.3 is 15.2 Å². The highest BCUT2D eigenvalue weighted by atomic mass is 32.2. The normalized spacial score (nSPS) is 21.1. The van der Waals surface area contributed by atoms with E-state index in [1.807, 2.05) is 0 Å². The van der Waals surface area contributed by atoms with Gasteiger partial charge in [-0.3, -0.25) is 9.00 Å². The van der Waals surface area contributed by atoms with E-state index in [4.69, 9.17) is 0 Å². The highest BCUT2D eigenvalue weighted by Gasteiger charge is 2.22. The molecule has 1 unspecified atom stereocenters. The van der Waals surface area contributed by atoms with E-state index in [0.717, 1.165) is 13.0 Å². The van der Waals surface area contributed by atoms with Crippen molar-refractivity contribution in [1.29, 1.82) is 0 Å². The number of carbonyl (C=O) groups is 1. The van der Waals surface area contributed by atoms with Gasteiger partial charge >= 0.3 is 0 Å². The molecule has 0 saturated carbocycles. The summed E-state index contributed by atoms with van der Waals surface area (Å²) < 4.78 is 21.2. The van der Waals surface area contributed by atoms with E-state index in [1.165, 1.54) is 18.3 Å². The fourth-order valence-corrected chi connectivity index (χ4v) is 1.98. The SMILES string of the molecule is O=C(Nc1ccc(S(=O)[O-])cn1)[C@H]1CCNC1. The molecule has 2 N–H and O–H groups in total. The number of pyridine rings is 1. The Morgan fingerprint density at radius 1 is 1.59 bits per heavy atom. The second-order valence-corrected chi connectivity index (χ2v) is 4.73. The van der Waals surface area contributed by atoms with Crippen molar-refractivity contribution in [2.45, 2.75) is 11.3 Å². The molecule has 6 nitrogen and oxygen atoms in total. The van der Waals surface area contributed by atoms with E-state index >= 15 is 0 Å². The molecule has 1 aromatic rings. The number of carbonyl (C=O) groups excluding carboxylic acids is 1. The van der Waals surface area contributed by atoms with Crippen LogP contribution in [-0.2, 0) is 15.9 Å².